The van der Waals surface area contributed by atoms with Gasteiger partial charge in [0.1, 0.15) is 0 Å². The highest BCUT2D eigenvalue weighted by Crippen LogP contribution is 2.20. The predicted octanol–water partition coefficient (Wildman–Crippen LogP) is 2.87. The molecule has 1 aromatic heterocycles. The number of halogens is 1. The highest BCUT2D eigenvalue weighted by atomic mass is 127. The van der Waals surface area contributed by atoms with Crippen LogP contribution in [0.2, 0.25) is 0 Å². The molecule has 0 bridgehead atoms. The molecule has 2 heterocycles. The molecular weight excluding hydrogens is 405 g/mol. The Kier molecular flexibility index (Phi) is 8.86. The van der Waals surface area contributed by atoms with E-state index in [-0.39, 0.29) is 24.0 Å². The molecule has 1 saturated heterocycles. The maximum absolute atomic E-state index is 5.13. The molecule has 1 aromatic rings. The molecule has 1 N–H and O–H groups in total. The molecule has 7 heteroatoms. The summed E-state index contributed by atoms with van der Waals surface area (Å²) in [5.74, 6) is 3.91. The maximum Gasteiger partial charge on any atom is 0.226 e. The highest BCUT2D eigenvalue weighted by molar-refractivity contribution is 14.0. The van der Waals surface area contributed by atoms with Gasteiger partial charge in [0, 0.05) is 32.6 Å². The molecule has 2 rings (SSSR count). The summed E-state index contributed by atoms with van der Waals surface area (Å²) in [5.41, 5.74) is 0. The summed E-state index contributed by atoms with van der Waals surface area (Å²) >= 11 is 0. The SMILES string of the molecule is CCNC(=NCCCc1nc(C)no1)N1CC(C)CC(C)C1.I. The van der Waals surface area contributed by atoms with Crippen molar-refractivity contribution in [2.75, 3.05) is 26.2 Å². The summed E-state index contributed by atoms with van der Waals surface area (Å²) in [6.45, 7) is 12.5. The molecule has 23 heavy (non-hydrogen) atoms. The van der Waals surface area contributed by atoms with Crippen LogP contribution in [0.1, 0.15) is 45.3 Å². The molecule has 6 nitrogen and oxygen atoms in total. The molecule has 2 atom stereocenters. The van der Waals surface area contributed by atoms with E-state index < -0.39 is 0 Å². The number of aliphatic imine (C=N–C) groups is 1. The molecule has 0 amide bonds. The number of hydrogen-bond acceptors (Lipinski definition) is 4. The minimum Gasteiger partial charge on any atom is -0.357 e. The fraction of sp³-hybridized carbons (Fsp3) is 0.812. The molecule has 0 aliphatic carbocycles. The Balaban J connectivity index is 0.00000264. The van der Waals surface area contributed by atoms with Gasteiger partial charge >= 0.3 is 0 Å². The van der Waals surface area contributed by atoms with Crippen LogP contribution < -0.4 is 5.32 Å². The normalized spacial score (nSPS) is 21.9. The van der Waals surface area contributed by atoms with Crippen LogP contribution >= 0.6 is 24.0 Å². The Morgan fingerprint density at radius 2 is 2.04 bits per heavy atom. The Labute approximate surface area is 156 Å². The standard InChI is InChI=1S/C16H29N5O.HI/c1-5-17-16(21-10-12(2)9-13(3)11-21)18-8-6-7-15-19-14(4)20-22-15;/h12-13H,5-11H2,1-4H3,(H,17,18);1H. The van der Waals surface area contributed by atoms with E-state index in [0.29, 0.717) is 11.7 Å². The number of nitrogens with zero attached hydrogens (tertiary/aromatic N) is 4. The summed E-state index contributed by atoms with van der Waals surface area (Å²) in [6.07, 6.45) is 3.03. The Bertz CT molecular complexity index is 481. The Hall–Kier alpha value is -0.860. The quantitative estimate of drug-likeness (QED) is 0.334. The molecule has 1 fully saturated rings. The largest absolute Gasteiger partial charge is 0.357 e. The van der Waals surface area contributed by atoms with Crippen molar-refractivity contribution < 1.29 is 4.52 Å². The molecule has 2 unspecified atom stereocenters. The van der Waals surface area contributed by atoms with Gasteiger partial charge in [-0.3, -0.25) is 4.99 Å². The molecule has 0 saturated carbocycles. The van der Waals surface area contributed by atoms with Crippen molar-refractivity contribution in [1.29, 1.82) is 0 Å². The topological polar surface area (TPSA) is 66.5 Å². The fourth-order valence-corrected chi connectivity index (χ4v) is 3.12. The average molecular weight is 435 g/mol. The van der Waals surface area contributed by atoms with E-state index in [1.165, 1.54) is 6.42 Å². The van der Waals surface area contributed by atoms with Crippen molar-refractivity contribution in [1.82, 2.24) is 20.4 Å². The van der Waals surface area contributed by atoms with E-state index in [0.717, 1.165) is 56.8 Å². The lowest BCUT2D eigenvalue weighted by Crippen LogP contribution is -2.48. The molecule has 1 aliphatic heterocycles. The van der Waals surface area contributed by atoms with E-state index in [2.05, 4.69) is 41.1 Å². The first-order chi connectivity index (χ1) is 10.6. The van der Waals surface area contributed by atoms with E-state index in [1.54, 1.807) is 0 Å². The smallest absolute Gasteiger partial charge is 0.226 e. The van der Waals surface area contributed by atoms with Gasteiger partial charge in [0.25, 0.3) is 0 Å². The first-order valence-electron chi connectivity index (χ1n) is 8.41. The zero-order valence-electron chi connectivity index (χ0n) is 14.7. The van der Waals surface area contributed by atoms with Gasteiger partial charge in [-0.15, -0.1) is 24.0 Å². The van der Waals surface area contributed by atoms with Gasteiger partial charge in [-0.25, -0.2) is 0 Å². The second-order valence-corrected chi connectivity index (χ2v) is 6.43. The summed E-state index contributed by atoms with van der Waals surface area (Å²) in [6, 6.07) is 0. The number of aromatic nitrogens is 2. The number of guanidine groups is 1. The third-order valence-electron chi connectivity index (χ3n) is 3.88. The van der Waals surface area contributed by atoms with Crippen LogP contribution in [0, 0.1) is 18.8 Å². The van der Waals surface area contributed by atoms with Crippen molar-refractivity contribution in [3.63, 3.8) is 0 Å². The van der Waals surface area contributed by atoms with Crippen molar-refractivity contribution in [2.24, 2.45) is 16.8 Å². The number of rotatable bonds is 5. The van der Waals surface area contributed by atoms with Gasteiger partial charge in [0.05, 0.1) is 0 Å². The van der Waals surface area contributed by atoms with Crippen LogP contribution in [-0.4, -0.2) is 47.2 Å². The summed E-state index contributed by atoms with van der Waals surface area (Å²) in [7, 11) is 0. The molecule has 0 radical (unpaired) electrons. The van der Waals surface area contributed by atoms with E-state index in [1.807, 2.05) is 6.92 Å². The van der Waals surface area contributed by atoms with Crippen LogP contribution in [-0.2, 0) is 6.42 Å². The molecule has 0 aromatic carbocycles. The van der Waals surface area contributed by atoms with E-state index >= 15 is 0 Å². The lowest BCUT2D eigenvalue weighted by atomic mass is 9.92. The minimum atomic E-state index is 0. The number of hydrogen-bond donors (Lipinski definition) is 1. The number of likely N-dealkylation sites (tertiary alicyclic amines) is 1. The predicted molar refractivity (Wildman–Crippen MR) is 103 cm³/mol. The van der Waals surface area contributed by atoms with Crippen molar-refractivity contribution in [3.05, 3.63) is 11.7 Å². The van der Waals surface area contributed by atoms with Crippen molar-refractivity contribution in [3.8, 4) is 0 Å². The number of piperidine rings is 1. The second kappa shape index (κ2) is 10.1. The van der Waals surface area contributed by atoms with Crippen molar-refractivity contribution >= 4 is 29.9 Å². The first kappa shape index (κ1) is 20.2. The molecule has 132 valence electrons. The van der Waals surface area contributed by atoms with Crippen LogP contribution in [0.5, 0.6) is 0 Å². The van der Waals surface area contributed by atoms with Gasteiger partial charge < -0.3 is 14.7 Å². The second-order valence-electron chi connectivity index (χ2n) is 6.43. The first-order valence-corrected chi connectivity index (χ1v) is 8.41. The summed E-state index contributed by atoms with van der Waals surface area (Å²) in [4.78, 5) is 11.4. The minimum absolute atomic E-state index is 0. The lowest BCUT2D eigenvalue weighted by Gasteiger charge is -2.37. The van der Waals surface area contributed by atoms with Gasteiger partial charge in [-0.2, -0.15) is 4.98 Å². The van der Waals surface area contributed by atoms with E-state index in [4.69, 9.17) is 9.52 Å². The van der Waals surface area contributed by atoms with Gasteiger partial charge in [-0.1, -0.05) is 19.0 Å². The molecule has 0 spiro atoms. The van der Waals surface area contributed by atoms with Gasteiger partial charge in [0.2, 0.25) is 5.89 Å². The number of nitrogens with one attached hydrogen (secondary N) is 1. The fourth-order valence-electron chi connectivity index (χ4n) is 3.12. The zero-order chi connectivity index (χ0) is 15.9. The van der Waals surface area contributed by atoms with Gasteiger partial charge in [-0.05, 0) is 38.5 Å². The zero-order valence-corrected chi connectivity index (χ0v) is 17.0. The molecule has 1 aliphatic rings. The summed E-state index contributed by atoms with van der Waals surface area (Å²) in [5, 5.41) is 7.23. The van der Waals surface area contributed by atoms with E-state index in [9.17, 15) is 0 Å². The van der Waals surface area contributed by atoms with Crippen LogP contribution in [0.3, 0.4) is 0 Å². The summed E-state index contributed by atoms with van der Waals surface area (Å²) < 4.78 is 5.13. The number of aryl methyl sites for hydroxylation is 2. The Morgan fingerprint density at radius 3 is 2.61 bits per heavy atom. The molecular formula is C16H30IN5O. The maximum atomic E-state index is 5.13. The van der Waals surface area contributed by atoms with Gasteiger partial charge in [0.15, 0.2) is 11.8 Å². The monoisotopic (exact) mass is 435 g/mol. The van der Waals surface area contributed by atoms with Crippen LogP contribution in [0.15, 0.2) is 9.52 Å². The third-order valence-corrected chi connectivity index (χ3v) is 3.88. The average Bonchev–Trinajstić information content (AvgIpc) is 2.87. The van der Waals surface area contributed by atoms with Crippen molar-refractivity contribution in [2.45, 2.75) is 47.0 Å². The lowest BCUT2D eigenvalue weighted by molar-refractivity contribution is 0.208. The van der Waals surface area contributed by atoms with Crippen LogP contribution in [0.25, 0.3) is 0 Å². The highest BCUT2D eigenvalue weighted by Gasteiger charge is 2.23. The Morgan fingerprint density at radius 1 is 1.35 bits per heavy atom. The third kappa shape index (κ3) is 6.64. The van der Waals surface area contributed by atoms with Crippen LogP contribution in [0.4, 0.5) is 0 Å².